The predicted molar refractivity (Wildman–Crippen MR) is 135 cm³/mol. The second-order valence-electron chi connectivity index (χ2n) is 9.30. The van der Waals surface area contributed by atoms with Crippen molar-refractivity contribution in [2.75, 3.05) is 42.7 Å². The summed E-state index contributed by atoms with van der Waals surface area (Å²) in [6, 6.07) is 18.5. The van der Waals surface area contributed by atoms with Crippen LogP contribution in [0.1, 0.15) is 24.0 Å². The van der Waals surface area contributed by atoms with E-state index in [0.29, 0.717) is 10.9 Å². The molecule has 0 aliphatic carbocycles. The van der Waals surface area contributed by atoms with E-state index in [1.807, 2.05) is 6.07 Å². The van der Waals surface area contributed by atoms with Crippen molar-refractivity contribution in [2.24, 2.45) is 0 Å². The predicted octanol–water partition coefficient (Wildman–Crippen LogP) is 3.68. The van der Waals surface area contributed by atoms with E-state index >= 15 is 0 Å². The van der Waals surface area contributed by atoms with Crippen molar-refractivity contribution < 1.29 is 8.42 Å². The largest absolute Gasteiger partial charge is 0.356 e. The molecule has 0 amide bonds. The summed E-state index contributed by atoms with van der Waals surface area (Å²) in [5.41, 5.74) is 3.43. The Morgan fingerprint density at radius 1 is 1.00 bits per heavy atom. The van der Waals surface area contributed by atoms with Crippen LogP contribution >= 0.6 is 0 Å². The number of likely N-dealkylation sites (tertiary alicyclic amines) is 1. The molecule has 0 saturated carbocycles. The van der Waals surface area contributed by atoms with Crippen LogP contribution in [0.25, 0.3) is 0 Å². The van der Waals surface area contributed by atoms with Crippen LogP contribution in [0.3, 0.4) is 0 Å². The molecular formula is C26H31N5O2S. The first-order valence-electron chi connectivity index (χ1n) is 11.8. The third kappa shape index (κ3) is 4.79. The van der Waals surface area contributed by atoms with Gasteiger partial charge in [-0.25, -0.2) is 18.4 Å². The number of sulfone groups is 1. The van der Waals surface area contributed by atoms with Gasteiger partial charge in [0.1, 0.15) is 18.0 Å². The number of anilines is 3. The Balaban J connectivity index is 1.26. The highest BCUT2D eigenvalue weighted by Gasteiger charge is 2.26. The molecule has 0 spiro atoms. The van der Waals surface area contributed by atoms with Crippen molar-refractivity contribution in [1.82, 2.24) is 14.9 Å². The minimum Gasteiger partial charge on any atom is -0.356 e. The normalized spacial score (nSPS) is 17.1. The van der Waals surface area contributed by atoms with Gasteiger partial charge in [0.25, 0.3) is 0 Å². The number of hydrogen-bond donors (Lipinski definition) is 0. The van der Waals surface area contributed by atoms with E-state index < -0.39 is 9.84 Å². The van der Waals surface area contributed by atoms with Crippen molar-refractivity contribution in [2.45, 2.75) is 36.7 Å². The van der Waals surface area contributed by atoms with Gasteiger partial charge in [0, 0.05) is 57.3 Å². The number of nitrogens with zero attached hydrogens (tertiary/aromatic N) is 5. The summed E-state index contributed by atoms with van der Waals surface area (Å²) in [4.78, 5) is 16.4. The number of piperidine rings is 1. The van der Waals surface area contributed by atoms with Gasteiger partial charge in [0.2, 0.25) is 0 Å². The monoisotopic (exact) mass is 477 g/mol. The van der Waals surface area contributed by atoms with Gasteiger partial charge < -0.3 is 9.80 Å². The van der Waals surface area contributed by atoms with Gasteiger partial charge in [0.05, 0.1) is 4.90 Å². The van der Waals surface area contributed by atoms with Gasteiger partial charge in [-0.3, -0.25) is 4.90 Å². The van der Waals surface area contributed by atoms with Gasteiger partial charge in [-0.05, 0) is 48.6 Å². The van der Waals surface area contributed by atoms with Crippen LogP contribution in [-0.4, -0.2) is 62.3 Å². The van der Waals surface area contributed by atoms with Gasteiger partial charge in [-0.1, -0.05) is 30.3 Å². The molecule has 2 aliphatic rings. The molecule has 8 heteroatoms. The molecule has 3 aromatic rings. The van der Waals surface area contributed by atoms with E-state index in [1.54, 1.807) is 18.5 Å². The summed E-state index contributed by atoms with van der Waals surface area (Å²) < 4.78 is 23.8. The van der Waals surface area contributed by atoms with E-state index in [2.05, 4.69) is 68.1 Å². The standard InChI is InChI=1S/C26H31N5O2S/c1-29(22-11-13-30(14-12-22)18-20-6-4-3-5-7-20)25-17-26(28-19-27-25)31-15-10-21-16-23(34(2,32)33)8-9-24(21)31/h3-9,16-17,19,22H,10-15,18H2,1-2H3. The highest BCUT2D eigenvalue weighted by Crippen LogP contribution is 2.36. The Bertz CT molecular complexity index is 1260. The first kappa shape index (κ1) is 22.8. The fourth-order valence-corrected chi connectivity index (χ4v) is 5.69. The Hall–Kier alpha value is -2.97. The van der Waals surface area contributed by atoms with Crippen LogP contribution in [0, 0.1) is 0 Å². The highest BCUT2D eigenvalue weighted by atomic mass is 32.2. The maximum Gasteiger partial charge on any atom is 0.175 e. The average molecular weight is 478 g/mol. The summed E-state index contributed by atoms with van der Waals surface area (Å²) in [6.07, 6.45) is 5.88. The highest BCUT2D eigenvalue weighted by molar-refractivity contribution is 7.90. The molecule has 1 saturated heterocycles. The molecule has 0 bridgehead atoms. The number of benzene rings is 2. The zero-order chi connectivity index (χ0) is 23.7. The van der Waals surface area contributed by atoms with Crippen LogP contribution in [0.2, 0.25) is 0 Å². The molecule has 1 fully saturated rings. The first-order valence-corrected chi connectivity index (χ1v) is 13.7. The minimum atomic E-state index is -3.21. The minimum absolute atomic E-state index is 0.370. The lowest BCUT2D eigenvalue weighted by Crippen LogP contribution is -2.43. The van der Waals surface area contributed by atoms with Crippen LogP contribution in [-0.2, 0) is 22.8 Å². The Labute approximate surface area is 202 Å². The summed E-state index contributed by atoms with van der Waals surface area (Å²) in [5.74, 6) is 1.77. The molecule has 2 aliphatic heterocycles. The van der Waals surface area contributed by atoms with Crippen molar-refractivity contribution in [3.63, 3.8) is 0 Å². The fraction of sp³-hybridized carbons (Fsp3) is 0.385. The smallest absolute Gasteiger partial charge is 0.175 e. The quantitative estimate of drug-likeness (QED) is 0.536. The van der Waals surface area contributed by atoms with E-state index in [-0.39, 0.29) is 0 Å². The molecule has 34 heavy (non-hydrogen) atoms. The second kappa shape index (κ2) is 9.35. The maximum absolute atomic E-state index is 11.9. The number of hydrogen-bond acceptors (Lipinski definition) is 7. The molecule has 0 radical (unpaired) electrons. The van der Waals surface area contributed by atoms with E-state index in [1.165, 1.54) is 11.8 Å². The second-order valence-corrected chi connectivity index (χ2v) is 11.3. The fourth-order valence-electron chi connectivity index (χ4n) is 5.02. The van der Waals surface area contributed by atoms with Gasteiger partial charge >= 0.3 is 0 Å². The van der Waals surface area contributed by atoms with Gasteiger partial charge in [0.15, 0.2) is 9.84 Å². The topological polar surface area (TPSA) is 69.6 Å². The van der Waals surface area contributed by atoms with E-state index in [0.717, 1.165) is 68.3 Å². The lowest BCUT2D eigenvalue weighted by atomic mass is 10.0. The van der Waals surface area contributed by atoms with Crippen LogP contribution in [0.15, 0.2) is 65.8 Å². The van der Waals surface area contributed by atoms with Crippen molar-refractivity contribution in [3.05, 3.63) is 72.1 Å². The van der Waals surface area contributed by atoms with Crippen LogP contribution in [0.4, 0.5) is 17.3 Å². The first-order chi connectivity index (χ1) is 16.4. The molecule has 7 nitrogen and oxygen atoms in total. The lowest BCUT2D eigenvalue weighted by molar-refractivity contribution is 0.203. The van der Waals surface area contributed by atoms with E-state index in [4.69, 9.17) is 0 Å². The zero-order valence-corrected chi connectivity index (χ0v) is 20.6. The van der Waals surface area contributed by atoms with E-state index in [9.17, 15) is 8.42 Å². The molecule has 3 heterocycles. The number of fused-ring (bicyclic) bond motifs is 1. The summed E-state index contributed by atoms with van der Waals surface area (Å²) in [6.45, 7) is 3.93. The summed E-state index contributed by atoms with van der Waals surface area (Å²) in [7, 11) is -1.09. The van der Waals surface area contributed by atoms with Crippen molar-refractivity contribution in [1.29, 1.82) is 0 Å². The van der Waals surface area contributed by atoms with Crippen LogP contribution in [0.5, 0.6) is 0 Å². The molecule has 1 aromatic heterocycles. The Kier molecular flexibility index (Phi) is 6.27. The van der Waals surface area contributed by atoms with Crippen LogP contribution < -0.4 is 9.80 Å². The Morgan fingerprint density at radius 2 is 1.76 bits per heavy atom. The summed E-state index contributed by atoms with van der Waals surface area (Å²) in [5, 5.41) is 0. The molecule has 0 unspecified atom stereocenters. The molecule has 5 rings (SSSR count). The van der Waals surface area contributed by atoms with Gasteiger partial charge in [-0.15, -0.1) is 0 Å². The SMILES string of the molecule is CN(c1cc(N2CCc3cc(S(C)(=O)=O)ccc32)ncn1)C1CCN(Cc2ccccc2)CC1. The average Bonchev–Trinajstić information content (AvgIpc) is 3.28. The third-order valence-electron chi connectivity index (χ3n) is 7.00. The molecular weight excluding hydrogens is 446 g/mol. The number of rotatable bonds is 6. The molecule has 0 atom stereocenters. The van der Waals surface area contributed by atoms with Crippen molar-refractivity contribution >= 4 is 27.2 Å². The molecule has 178 valence electrons. The zero-order valence-electron chi connectivity index (χ0n) is 19.8. The molecule has 0 N–H and O–H groups in total. The molecule has 2 aromatic carbocycles. The number of aromatic nitrogens is 2. The lowest BCUT2D eigenvalue weighted by Gasteiger charge is -2.37. The third-order valence-corrected chi connectivity index (χ3v) is 8.11. The van der Waals surface area contributed by atoms with Crippen molar-refractivity contribution in [3.8, 4) is 0 Å². The maximum atomic E-state index is 11.9. The summed E-state index contributed by atoms with van der Waals surface area (Å²) >= 11 is 0. The van der Waals surface area contributed by atoms with Gasteiger partial charge in [-0.2, -0.15) is 0 Å². The Morgan fingerprint density at radius 3 is 2.50 bits per heavy atom.